The summed E-state index contributed by atoms with van der Waals surface area (Å²) in [6, 6.07) is 19.2. The smallest absolute Gasteiger partial charge is 0.328 e. The standard InChI is InChI=1S/C24H22N4O5/c1-24(19-10-8-17(9-11-19)21(25)26-33)22(31)27(14-20(29)30)23(32)28(24)13-15-6-7-16-4-2-3-5-18(16)12-15/h2-12,33H,13-14H2,1H3,(H2,25,26)(H,29,30)/t24-/m0/s1. The first kappa shape index (κ1) is 21.8. The maximum Gasteiger partial charge on any atom is 0.328 e. The van der Waals surface area contributed by atoms with Gasteiger partial charge in [-0.15, -0.1) is 0 Å². The van der Waals surface area contributed by atoms with E-state index in [1.54, 1.807) is 31.2 Å². The maximum absolute atomic E-state index is 13.4. The van der Waals surface area contributed by atoms with E-state index < -0.39 is 30.0 Å². The number of aliphatic carboxylic acids is 1. The van der Waals surface area contributed by atoms with Crippen molar-refractivity contribution in [1.29, 1.82) is 0 Å². The quantitative estimate of drug-likeness (QED) is 0.175. The fraction of sp³-hybridized carbons (Fsp3) is 0.167. The number of carbonyl (C=O) groups is 3. The number of nitrogens with zero attached hydrogens (tertiary/aromatic N) is 3. The summed E-state index contributed by atoms with van der Waals surface area (Å²) in [5, 5.41) is 23.1. The third-order valence-corrected chi connectivity index (χ3v) is 5.96. The van der Waals surface area contributed by atoms with Crippen molar-refractivity contribution in [1.82, 2.24) is 9.80 Å². The molecule has 9 nitrogen and oxygen atoms in total. The van der Waals surface area contributed by atoms with Crippen molar-refractivity contribution in [3.8, 4) is 0 Å². The molecule has 0 aliphatic carbocycles. The lowest BCUT2D eigenvalue weighted by Gasteiger charge is -2.32. The van der Waals surface area contributed by atoms with Crippen molar-refractivity contribution in [3.05, 3.63) is 83.4 Å². The molecule has 9 heteroatoms. The summed E-state index contributed by atoms with van der Waals surface area (Å²) in [4.78, 5) is 40.1. The zero-order valence-corrected chi connectivity index (χ0v) is 17.8. The van der Waals surface area contributed by atoms with Gasteiger partial charge in [0.2, 0.25) is 0 Å². The molecule has 3 aromatic carbocycles. The summed E-state index contributed by atoms with van der Waals surface area (Å²) in [5.74, 6) is -2.01. The normalized spacial score (nSPS) is 18.9. The van der Waals surface area contributed by atoms with Crippen molar-refractivity contribution < 1.29 is 24.7 Å². The summed E-state index contributed by atoms with van der Waals surface area (Å²) in [5.41, 5.74) is 5.89. The second-order valence-electron chi connectivity index (χ2n) is 7.97. The van der Waals surface area contributed by atoms with E-state index in [0.29, 0.717) is 11.1 Å². The monoisotopic (exact) mass is 446 g/mol. The molecule has 4 N–H and O–H groups in total. The summed E-state index contributed by atoms with van der Waals surface area (Å²) in [6.07, 6.45) is 0. The number of imide groups is 1. The molecule has 1 aliphatic rings. The Morgan fingerprint density at radius 1 is 1.03 bits per heavy atom. The first-order chi connectivity index (χ1) is 15.8. The van der Waals surface area contributed by atoms with Crippen LogP contribution in [0, 0.1) is 0 Å². The Balaban J connectivity index is 1.77. The minimum atomic E-state index is -1.44. The fourth-order valence-electron chi connectivity index (χ4n) is 4.12. The Kier molecular flexibility index (Phi) is 5.47. The minimum Gasteiger partial charge on any atom is -0.480 e. The van der Waals surface area contributed by atoms with Gasteiger partial charge >= 0.3 is 12.0 Å². The van der Waals surface area contributed by atoms with E-state index in [4.69, 9.17) is 10.9 Å². The van der Waals surface area contributed by atoms with Crippen molar-refractivity contribution in [2.24, 2.45) is 10.9 Å². The summed E-state index contributed by atoms with van der Waals surface area (Å²) in [6.45, 7) is 0.961. The lowest BCUT2D eigenvalue weighted by molar-refractivity contribution is -0.143. The molecule has 3 amide bonds. The Morgan fingerprint density at radius 3 is 2.33 bits per heavy atom. The van der Waals surface area contributed by atoms with Gasteiger partial charge in [0.15, 0.2) is 5.84 Å². The van der Waals surface area contributed by atoms with Crippen LogP contribution < -0.4 is 5.73 Å². The van der Waals surface area contributed by atoms with Gasteiger partial charge in [0.1, 0.15) is 12.1 Å². The van der Waals surface area contributed by atoms with Crippen LogP contribution in [0.5, 0.6) is 0 Å². The number of hydrogen-bond acceptors (Lipinski definition) is 5. The molecule has 1 heterocycles. The van der Waals surface area contributed by atoms with Gasteiger partial charge in [-0.05, 0) is 34.9 Å². The van der Waals surface area contributed by atoms with Crippen LogP contribution in [0.25, 0.3) is 10.8 Å². The van der Waals surface area contributed by atoms with E-state index in [9.17, 15) is 19.5 Å². The Bertz CT molecular complexity index is 1290. The van der Waals surface area contributed by atoms with Gasteiger partial charge in [-0.1, -0.05) is 65.8 Å². The van der Waals surface area contributed by atoms with Crippen molar-refractivity contribution in [3.63, 3.8) is 0 Å². The van der Waals surface area contributed by atoms with Gasteiger partial charge in [0, 0.05) is 12.1 Å². The third-order valence-electron chi connectivity index (χ3n) is 5.96. The van der Waals surface area contributed by atoms with Crippen LogP contribution in [-0.2, 0) is 21.7 Å². The van der Waals surface area contributed by atoms with E-state index in [0.717, 1.165) is 21.2 Å². The lowest BCUT2D eigenvalue weighted by atomic mass is 9.89. The SMILES string of the molecule is C[C@]1(c2ccc(C(N)=NO)cc2)C(=O)N(CC(=O)O)C(=O)N1Cc1ccc2ccccc2c1. The molecule has 1 atom stereocenters. The molecule has 1 fully saturated rings. The number of oxime groups is 1. The number of rotatable bonds is 6. The summed E-state index contributed by atoms with van der Waals surface area (Å²) < 4.78 is 0. The van der Waals surface area contributed by atoms with Crippen LogP contribution in [0.15, 0.2) is 71.9 Å². The maximum atomic E-state index is 13.4. The van der Waals surface area contributed by atoms with Crippen LogP contribution in [-0.4, -0.2) is 50.4 Å². The highest BCUT2D eigenvalue weighted by Gasteiger charge is 2.55. The molecule has 1 saturated heterocycles. The third kappa shape index (κ3) is 3.73. The van der Waals surface area contributed by atoms with Crippen LogP contribution in [0.2, 0.25) is 0 Å². The number of carbonyl (C=O) groups excluding carboxylic acids is 2. The molecular formula is C24H22N4O5. The van der Waals surface area contributed by atoms with E-state index in [1.807, 2.05) is 42.5 Å². The number of amides is 3. The van der Waals surface area contributed by atoms with Crippen LogP contribution in [0.1, 0.15) is 23.6 Å². The van der Waals surface area contributed by atoms with Gasteiger partial charge in [0.25, 0.3) is 5.91 Å². The van der Waals surface area contributed by atoms with Gasteiger partial charge in [-0.2, -0.15) is 0 Å². The first-order valence-electron chi connectivity index (χ1n) is 10.2. The average Bonchev–Trinajstić information content (AvgIpc) is 3.00. The first-order valence-corrected chi connectivity index (χ1v) is 10.2. The molecule has 0 bridgehead atoms. The topological polar surface area (TPSA) is 137 Å². The zero-order valence-electron chi connectivity index (χ0n) is 17.8. The molecule has 33 heavy (non-hydrogen) atoms. The molecule has 0 radical (unpaired) electrons. The van der Waals surface area contributed by atoms with Gasteiger partial charge in [-0.25, -0.2) is 4.79 Å². The molecule has 168 valence electrons. The van der Waals surface area contributed by atoms with Gasteiger partial charge < -0.3 is 20.9 Å². The van der Waals surface area contributed by atoms with Crippen molar-refractivity contribution >= 4 is 34.5 Å². The zero-order chi connectivity index (χ0) is 23.8. The Labute approximate surface area is 189 Å². The van der Waals surface area contributed by atoms with Crippen LogP contribution in [0.3, 0.4) is 0 Å². The minimum absolute atomic E-state index is 0.0962. The molecular weight excluding hydrogens is 424 g/mol. The molecule has 0 spiro atoms. The Morgan fingerprint density at radius 2 is 1.70 bits per heavy atom. The summed E-state index contributed by atoms with van der Waals surface area (Å²) in [7, 11) is 0. The highest BCUT2D eigenvalue weighted by molar-refractivity contribution is 6.09. The molecule has 0 saturated carbocycles. The number of carboxylic acids is 1. The highest BCUT2D eigenvalue weighted by atomic mass is 16.4. The fourth-order valence-corrected chi connectivity index (χ4v) is 4.12. The highest BCUT2D eigenvalue weighted by Crippen LogP contribution is 2.38. The summed E-state index contributed by atoms with van der Waals surface area (Å²) >= 11 is 0. The molecule has 3 aromatic rings. The number of nitrogens with two attached hydrogens (primary N) is 1. The predicted molar refractivity (Wildman–Crippen MR) is 121 cm³/mol. The van der Waals surface area contributed by atoms with Gasteiger partial charge in [-0.3, -0.25) is 14.5 Å². The second kappa shape index (κ2) is 8.27. The Hall–Kier alpha value is -4.40. The molecule has 4 rings (SSSR count). The van der Waals surface area contributed by atoms with E-state index in [1.165, 1.54) is 4.90 Å². The molecule has 1 aliphatic heterocycles. The van der Waals surface area contributed by atoms with E-state index in [2.05, 4.69) is 5.16 Å². The average molecular weight is 446 g/mol. The molecule has 0 unspecified atom stereocenters. The van der Waals surface area contributed by atoms with E-state index >= 15 is 0 Å². The van der Waals surface area contributed by atoms with Crippen molar-refractivity contribution in [2.45, 2.75) is 19.0 Å². The van der Waals surface area contributed by atoms with Crippen LogP contribution >= 0.6 is 0 Å². The number of benzene rings is 3. The second-order valence-corrected chi connectivity index (χ2v) is 7.97. The number of fused-ring (bicyclic) bond motifs is 1. The van der Waals surface area contributed by atoms with Crippen LogP contribution in [0.4, 0.5) is 4.79 Å². The van der Waals surface area contributed by atoms with Gasteiger partial charge in [0.05, 0.1) is 0 Å². The largest absolute Gasteiger partial charge is 0.480 e. The number of hydrogen-bond donors (Lipinski definition) is 3. The predicted octanol–water partition coefficient (Wildman–Crippen LogP) is 2.70. The number of amidine groups is 1. The number of carboxylic acid groups (broad SMARTS) is 1. The number of urea groups is 1. The lowest BCUT2D eigenvalue weighted by Crippen LogP contribution is -2.44. The van der Waals surface area contributed by atoms with E-state index in [-0.39, 0.29) is 12.4 Å². The molecule has 0 aromatic heterocycles. The van der Waals surface area contributed by atoms with Crippen molar-refractivity contribution in [2.75, 3.05) is 6.54 Å².